The maximum atomic E-state index is 11.9. The number of rotatable bonds is 6. The van der Waals surface area contributed by atoms with Crippen molar-refractivity contribution >= 4 is 11.6 Å². The Kier molecular flexibility index (Phi) is 5.62. The third-order valence-corrected chi connectivity index (χ3v) is 3.92. The van der Waals surface area contributed by atoms with Crippen LogP contribution >= 0.6 is 0 Å². The number of anilines is 1. The van der Waals surface area contributed by atoms with E-state index in [9.17, 15) is 4.79 Å². The molecule has 0 aromatic heterocycles. The molecule has 1 aromatic rings. The predicted molar refractivity (Wildman–Crippen MR) is 85.6 cm³/mol. The smallest absolute Gasteiger partial charge is 0.220 e. The molecule has 1 atom stereocenters. The summed E-state index contributed by atoms with van der Waals surface area (Å²) in [5, 5.41) is 3.02. The Morgan fingerprint density at radius 2 is 2.24 bits per heavy atom. The van der Waals surface area contributed by atoms with Gasteiger partial charge in [-0.1, -0.05) is 12.1 Å². The Balaban J connectivity index is 1.83. The van der Waals surface area contributed by atoms with Gasteiger partial charge in [-0.25, -0.2) is 0 Å². The van der Waals surface area contributed by atoms with Gasteiger partial charge in [-0.2, -0.15) is 0 Å². The number of benzene rings is 1. The Bertz CT molecular complexity index is 480. The second-order valence-electron chi connectivity index (χ2n) is 5.98. The molecule has 116 valence electrons. The zero-order chi connectivity index (χ0) is 15.2. The topological polar surface area (TPSA) is 41.6 Å². The second-order valence-corrected chi connectivity index (χ2v) is 5.98. The average molecular weight is 290 g/mol. The van der Waals surface area contributed by atoms with Crippen LogP contribution in [0.15, 0.2) is 18.2 Å². The van der Waals surface area contributed by atoms with E-state index in [1.165, 1.54) is 5.56 Å². The van der Waals surface area contributed by atoms with Crippen LogP contribution in [0.1, 0.15) is 36.8 Å². The van der Waals surface area contributed by atoms with E-state index in [1.807, 2.05) is 14.1 Å². The van der Waals surface area contributed by atoms with Gasteiger partial charge in [0.25, 0.3) is 0 Å². The van der Waals surface area contributed by atoms with Crippen molar-refractivity contribution in [2.75, 3.05) is 25.6 Å². The number of nitrogens with zero attached hydrogens (tertiary/aromatic N) is 1. The van der Waals surface area contributed by atoms with Gasteiger partial charge in [0, 0.05) is 39.4 Å². The maximum Gasteiger partial charge on any atom is 0.220 e. The predicted octanol–water partition coefficient (Wildman–Crippen LogP) is 2.64. The fourth-order valence-electron chi connectivity index (χ4n) is 2.69. The van der Waals surface area contributed by atoms with Crippen LogP contribution < -0.4 is 10.2 Å². The van der Waals surface area contributed by atoms with Crippen molar-refractivity contribution in [3.8, 4) is 0 Å². The lowest BCUT2D eigenvalue weighted by atomic mass is 10.1. The normalized spacial score (nSPS) is 17.8. The Labute approximate surface area is 127 Å². The quantitative estimate of drug-likeness (QED) is 0.875. The van der Waals surface area contributed by atoms with Gasteiger partial charge < -0.3 is 15.0 Å². The molecule has 2 rings (SSSR count). The molecule has 0 unspecified atom stereocenters. The molecule has 4 nitrogen and oxygen atoms in total. The number of nitrogens with one attached hydrogen (secondary N) is 1. The van der Waals surface area contributed by atoms with Crippen molar-refractivity contribution in [2.45, 2.75) is 45.3 Å². The number of ether oxygens (including phenoxy) is 1. The molecule has 0 bridgehead atoms. The molecule has 1 aliphatic rings. The Hall–Kier alpha value is -1.55. The van der Waals surface area contributed by atoms with E-state index in [0.717, 1.165) is 37.1 Å². The van der Waals surface area contributed by atoms with Gasteiger partial charge in [0.15, 0.2) is 0 Å². The molecule has 21 heavy (non-hydrogen) atoms. The van der Waals surface area contributed by atoms with Crippen molar-refractivity contribution in [1.82, 2.24) is 5.32 Å². The van der Waals surface area contributed by atoms with E-state index < -0.39 is 0 Å². The summed E-state index contributed by atoms with van der Waals surface area (Å²) in [6.07, 6.45) is 3.89. The second kappa shape index (κ2) is 7.46. The van der Waals surface area contributed by atoms with Gasteiger partial charge >= 0.3 is 0 Å². The standard InChI is InChI=1S/C17H26N2O2/c1-13-6-7-14(16(11-13)19(2)3)12-18-17(20)9-8-15-5-4-10-21-15/h6-7,11,15H,4-5,8-10,12H2,1-3H3,(H,18,20)/t15-/m0/s1. The zero-order valence-electron chi connectivity index (χ0n) is 13.3. The summed E-state index contributed by atoms with van der Waals surface area (Å²) in [5.74, 6) is 0.107. The highest BCUT2D eigenvalue weighted by atomic mass is 16.5. The van der Waals surface area contributed by atoms with Gasteiger partial charge in [-0.05, 0) is 43.4 Å². The lowest BCUT2D eigenvalue weighted by Crippen LogP contribution is -2.25. The minimum atomic E-state index is 0.107. The first-order valence-electron chi connectivity index (χ1n) is 7.71. The first-order chi connectivity index (χ1) is 10.1. The highest BCUT2D eigenvalue weighted by molar-refractivity contribution is 5.76. The first kappa shape index (κ1) is 15.8. The van der Waals surface area contributed by atoms with Gasteiger partial charge in [-0.15, -0.1) is 0 Å². The van der Waals surface area contributed by atoms with Gasteiger partial charge in [0.1, 0.15) is 0 Å². The van der Waals surface area contributed by atoms with Crippen LogP contribution in [0.5, 0.6) is 0 Å². The number of hydrogen-bond donors (Lipinski definition) is 1. The van der Waals surface area contributed by atoms with Crippen LogP contribution in [0.4, 0.5) is 5.69 Å². The minimum absolute atomic E-state index is 0.107. The molecule has 1 aromatic carbocycles. The summed E-state index contributed by atoms with van der Waals surface area (Å²) in [6.45, 7) is 3.51. The molecule has 0 saturated carbocycles. The van der Waals surface area contributed by atoms with E-state index in [-0.39, 0.29) is 12.0 Å². The summed E-state index contributed by atoms with van der Waals surface area (Å²) in [4.78, 5) is 14.0. The average Bonchev–Trinajstić information content (AvgIpc) is 2.97. The van der Waals surface area contributed by atoms with Gasteiger partial charge in [0.05, 0.1) is 6.10 Å². The fraction of sp³-hybridized carbons (Fsp3) is 0.588. The molecule has 0 radical (unpaired) electrons. The van der Waals surface area contributed by atoms with Crippen LogP contribution in [0.2, 0.25) is 0 Å². The van der Waals surface area contributed by atoms with Crippen molar-refractivity contribution in [3.63, 3.8) is 0 Å². The molecule has 1 heterocycles. The molecular weight excluding hydrogens is 264 g/mol. The number of carbonyl (C=O) groups is 1. The molecule has 1 amide bonds. The van der Waals surface area contributed by atoms with Crippen LogP contribution in [0, 0.1) is 6.92 Å². The van der Waals surface area contributed by atoms with Crippen molar-refractivity contribution < 1.29 is 9.53 Å². The van der Waals surface area contributed by atoms with Crippen LogP contribution in [-0.2, 0) is 16.1 Å². The summed E-state index contributed by atoms with van der Waals surface area (Å²) in [7, 11) is 4.05. The lowest BCUT2D eigenvalue weighted by Gasteiger charge is -2.18. The number of hydrogen-bond acceptors (Lipinski definition) is 3. The van der Waals surface area contributed by atoms with Crippen LogP contribution in [-0.4, -0.2) is 32.7 Å². The highest BCUT2D eigenvalue weighted by Gasteiger charge is 2.16. The summed E-state index contributed by atoms with van der Waals surface area (Å²) in [5.41, 5.74) is 3.54. The molecular formula is C17H26N2O2. The van der Waals surface area contributed by atoms with Crippen LogP contribution in [0.25, 0.3) is 0 Å². The zero-order valence-corrected chi connectivity index (χ0v) is 13.3. The van der Waals surface area contributed by atoms with E-state index in [2.05, 4.69) is 35.3 Å². The molecule has 1 N–H and O–H groups in total. The molecule has 1 fully saturated rings. The Morgan fingerprint density at radius 3 is 2.90 bits per heavy atom. The van der Waals surface area contributed by atoms with Crippen molar-refractivity contribution in [1.29, 1.82) is 0 Å². The number of aryl methyl sites for hydroxylation is 1. The van der Waals surface area contributed by atoms with E-state index in [1.54, 1.807) is 0 Å². The minimum Gasteiger partial charge on any atom is -0.378 e. The third kappa shape index (κ3) is 4.74. The summed E-state index contributed by atoms with van der Waals surface area (Å²) < 4.78 is 5.54. The van der Waals surface area contributed by atoms with Gasteiger partial charge in [0.2, 0.25) is 5.91 Å². The van der Waals surface area contributed by atoms with Crippen molar-refractivity contribution in [3.05, 3.63) is 29.3 Å². The van der Waals surface area contributed by atoms with E-state index >= 15 is 0 Å². The van der Waals surface area contributed by atoms with Crippen LogP contribution in [0.3, 0.4) is 0 Å². The molecule has 0 spiro atoms. The molecule has 4 heteroatoms. The van der Waals surface area contributed by atoms with Gasteiger partial charge in [-0.3, -0.25) is 4.79 Å². The van der Waals surface area contributed by atoms with E-state index in [0.29, 0.717) is 13.0 Å². The highest BCUT2D eigenvalue weighted by Crippen LogP contribution is 2.20. The van der Waals surface area contributed by atoms with Crippen molar-refractivity contribution in [2.24, 2.45) is 0 Å². The molecule has 1 aliphatic heterocycles. The third-order valence-electron chi connectivity index (χ3n) is 3.92. The first-order valence-corrected chi connectivity index (χ1v) is 7.71. The lowest BCUT2D eigenvalue weighted by molar-refractivity contribution is -0.121. The summed E-state index contributed by atoms with van der Waals surface area (Å²) >= 11 is 0. The molecule has 1 saturated heterocycles. The fourth-order valence-corrected chi connectivity index (χ4v) is 2.69. The van der Waals surface area contributed by atoms with E-state index in [4.69, 9.17) is 4.74 Å². The maximum absolute atomic E-state index is 11.9. The monoisotopic (exact) mass is 290 g/mol. The SMILES string of the molecule is Cc1ccc(CNC(=O)CC[C@@H]2CCCO2)c(N(C)C)c1. The number of carbonyl (C=O) groups excluding carboxylic acids is 1. The Morgan fingerprint density at radius 1 is 1.43 bits per heavy atom. The summed E-state index contributed by atoms with van der Waals surface area (Å²) in [6, 6.07) is 6.32. The molecule has 0 aliphatic carbocycles. The number of amides is 1. The largest absolute Gasteiger partial charge is 0.378 e.